The van der Waals surface area contributed by atoms with Crippen LogP contribution in [0.15, 0.2) is 54.2 Å². The van der Waals surface area contributed by atoms with Crippen LogP contribution < -0.4 is 10.1 Å². The normalized spacial score (nSPS) is 10.8. The van der Waals surface area contributed by atoms with Crippen molar-refractivity contribution in [1.29, 1.82) is 0 Å². The molecule has 2 heterocycles. The van der Waals surface area contributed by atoms with Crippen molar-refractivity contribution in [3.63, 3.8) is 0 Å². The molecule has 0 aliphatic rings. The molecule has 0 amide bonds. The van der Waals surface area contributed by atoms with Crippen molar-refractivity contribution in [2.75, 3.05) is 11.9 Å². The molecular formula is C21H18N4O3S. The molecule has 146 valence electrons. The zero-order valence-electron chi connectivity index (χ0n) is 15.9. The Morgan fingerprint density at radius 3 is 2.69 bits per heavy atom. The molecule has 2 aromatic heterocycles. The fraction of sp³-hybridized carbons (Fsp3) is 0.143. The largest absolute Gasteiger partial charge is 0.494 e. The first-order chi connectivity index (χ1) is 14.1. The second kappa shape index (κ2) is 7.84. The maximum atomic E-state index is 11.1. The minimum Gasteiger partial charge on any atom is -0.494 e. The van der Waals surface area contributed by atoms with Gasteiger partial charge in [-0.3, -0.25) is 10.1 Å². The monoisotopic (exact) mass is 406 g/mol. The molecule has 0 atom stereocenters. The SMILES string of the molecule is CCOc1ccc(-c2csc3ncnc(Nc4cc([N+](=O)[O-])ccc4C)c23)cc1. The van der Waals surface area contributed by atoms with E-state index in [4.69, 9.17) is 4.74 Å². The molecule has 29 heavy (non-hydrogen) atoms. The van der Waals surface area contributed by atoms with Gasteiger partial charge < -0.3 is 10.1 Å². The van der Waals surface area contributed by atoms with Crippen LogP contribution in [0.25, 0.3) is 21.3 Å². The van der Waals surface area contributed by atoms with Crippen LogP contribution in [0.4, 0.5) is 17.2 Å². The zero-order valence-corrected chi connectivity index (χ0v) is 16.7. The summed E-state index contributed by atoms with van der Waals surface area (Å²) in [6.07, 6.45) is 1.50. The van der Waals surface area contributed by atoms with Crippen molar-refractivity contribution in [3.05, 3.63) is 69.8 Å². The fourth-order valence-electron chi connectivity index (χ4n) is 3.07. The van der Waals surface area contributed by atoms with Crippen molar-refractivity contribution >= 4 is 38.7 Å². The Kier molecular flexibility index (Phi) is 5.09. The molecule has 8 heteroatoms. The van der Waals surface area contributed by atoms with E-state index in [9.17, 15) is 10.1 Å². The molecule has 0 spiro atoms. The Morgan fingerprint density at radius 2 is 1.97 bits per heavy atom. The van der Waals surface area contributed by atoms with E-state index < -0.39 is 4.92 Å². The van der Waals surface area contributed by atoms with E-state index in [0.717, 1.165) is 32.7 Å². The van der Waals surface area contributed by atoms with E-state index in [-0.39, 0.29) is 5.69 Å². The van der Waals surface area contributed by atoms with E-state index in [1.165, 1.54) is 29.8 Å². The number of hydrogen-bond acceptors (Lipinski definition) is 7. The van der Waals surface area contributed by atoms with Crippen LogP contribution in [0.3, 0.4) is 0 Å². The molecule has 4 rings (SSSR count). The summed E-state index contributed by atoms with van der Waals surface area (Å²) in [6.45, 7) is 4.46. The van der Waals surface area contributed by atoms with Crippen molar-refractivity contribution in [1.82, 2.24) is 9.97 Å². The summed E-state index contributed by atoms with van der Waals surface area (Å²) in [7, 11) is 0. The molecule has 0 bridgehead atoms. The zero-order chi connectivity index (χ0) is 20.4. The van der Waals surface area contributed by atoms with Gasteiger partial charge in [-0.05, 0) is 37.1 Å². The van der Waals surface area contributed by atoms with E-state index in [1.807, 2.05) is 43.5 Å². The number of rotatable bonds is 6. The summed E-state index contributed by atoms with van der Waals surface area (Å²) in [5, 5.41) is 17.3. The highest BCUT2D eigenvalue weighted by atomic mass is 32.1. The number of non-ortho nitro benzene ring substituents is 1. The molecule has 0 radical (unpaired) electrons. The number of nitrogens with one attached hydrogen (secondary N) is 1. The standard InChI is InChI=1S/C21H18N4O3S/c1-3-28-16-8-5-14(6-9-16)17-11-29-21-19(17)20(22-12-23-21)24-18-10-15(25(26)27)7-4-13(18)2/h4-12H,3H2,1-2H3,(H,22,23,24). The predicted molar refractivity (Wildman–Crippen MR) is 115 cm³/mol. The Balaban J connectivity index is 1.78. The number of ether oxygens (including phenoxy) is 1. The number of hydrogen-bond donors (Lipinski definition) is 1. The third-order valence-corrected chi connectivity index (χ3v) is 5.42. The topological polar surface area (TPSA) is 90.2 Å². The van der Waals surface area contributed by atoms with Crippen LogP contribution in [-0.2, 0) is 0 Å². The molecule has 0 saturated heterocycles. The number of anilines is 2. The van der Waals surface area contributed by atoms with Crippen LogP contribution in [0.1, 0.15) is 12.5 Å². The van der Waals surface area contributed by atoms with Crippen LogP contribution >= 0.6 is 11.3 Å². The van der Waals surface area contributed by atoms with E-state index in [0.29, 0.717) is 18.1 Å². The second-order valence-corrected chi connectivity index (χ2v) is 7.25. The van der Waals surface area contributed by atoms with Crippen molar-refractivity contribution in [3.8, 4) is 16.9 Å². The highest BCUT2D eigenvalue weighted by Gasteiger charge is 2.15. The fourth-order valence-corrected chi connectivity index (χ4v) is 3.98. The summed E-state index contributed by atoms with van der Waals surface area (Å²) >= 11 is 1.53. The molecule has 7 nitrogen and oxygen atoms in total. The molecule has 1 N–H and O–H groups in total. The lowest BCUT2D eigenvalue weighted by Crippen LogP contribution is -1.99. The highest BCUT2D eigenvalue weighted by Crippen LogP contribution is 2.38. The van der Waals surface area contributed by atoms with E-state index >= 15 is 0 Å². The first-order valence-corrected chi connectivity index (χ1v) is 9.92. The van der Waals surface area contributed by atoms with Crippen LogP contribution in [0.2, 0.25) is 0 Å². The lowest BCUT2D eigenvalue weighted by Gasteiger charge is -2.11. The van der Waals surface area contributed by atoms with Gasteiger partial charge >= 0.3 is 0 Å². The smallest absolute Gasteiger partial charge is 0.271 e. The van der Waals surface area contributed by atoms with E-state index in [2.05, 4.69) is 15.3 Å². The quantitative estimate of drug-likeness (QED) is 0.325. The summed E-state index contributed by atoms with van der Waals surface area (Å²) in [5.41, 5.74) is 3.58. The number of nitro groups is 1. The third-order valence-electron chi connectivity index (χ3n) is 4.53. The van der Waals surface area contributed by atoms with Crippen molar-refractivity contribution in [2.45, 2.75) is 13.8 Å². The Bertz CT molecular complexity index is 1190. The Morgan fingerprint density at radius 1 is 1.17 bits per heavy atom. The van der Waals surface area contributed by atoms with Gasteiger partial charge in [-0.2, -0.15) is 0 Å². The number of nitrogens with zero attached hydrogens (tertiary/aromatic N) is 3. The number of thiophene rings is 1. The number of nitro benzene ring substituents is 1. The van der Waals surface area contributed by atoms with Gasteiger partial charge in [0.2, 0.25) is 0 Å². The van der Waals surface area contributed by atoms with Gasteiger partial charge in [0, 0.05) is 28.8 Å². The number of aromatic nitrogens is 2. The molecular weight excluding hydrogens is 388 g/mol. The molecule has 0 fully saturated rings. The first-order valence-electron chi connectivity index (χ1n) is 9.04. The molecule has 0 saturated carbocycles. The van der Waals surface area contributed by atoms with Crippen molar-refractivity contribution in [2.24, 2.45) is 0 Å². The van der Waals surface area contributed by atoms with Crippen LogP contribution in [0.5, 0.6) is 5.75 Å². The summed E-state index contributed by atoms with van der Waals surface area (Å²) in [6, 6.07) is 12.6. The Hall–Kier alpha value is -3.52. The maximum absolute atomic E-state index is 11.1. The minimum atomic E-state index is -0.407. The average Bonchev–Trinajstić information content (AvgIpc) is 3.15. The second-order valence-electron chi connectivity index (χ2n) is 6.39. The molecule has 0 unspecified atom stereocenters. The molecule has 4 aromatic rings. The summed E-state index contributed by atoms with van der Waals surface area (Å²) < 4.78 is 5.52. The van der Waals surface area contributed by atoms with Gasteiger partial charge in [-0.25, -0.2) is 9.97 Å². The van der Waals surface area contributed by atoms with E-state index in [1.54, 1.807) is 6.07 Å². The van der Waals surface area contributed by atoms with Crippen LogP contribution in [0, 0.1) is 17.0 Å². The lowest BCUT2D eigenvalue weighted by atomic mass is 10.1. The number of aryl methyl sites for hydroxylation is 1. The molecule has 2 aromatic carbocycles. The van der Waals surface area contributed by atoms with Crippen molar-refractivity contribution < 1.29 is 9.66 Å². The van der Waals surface area contributed by atoms with Gasteiger partial charge in [0.15, 0.2) is 0 Å². The first kappa shape index (κ1) is 18.8. The Labute approximate surface area is 171 Å². The number of benzene rings is 2. The van der Waals surface area contributed by atoms with Crippen LogP contribution in [-0.4, -0.2) is 21.5 Å². The summed E-state index contributed by atoms with van der Waals surface area (Å²) in [5.74, 6) is 1.43. The highest BCUT2D eigenvalue weighted by molar-refractivity contribution is 7.17. The third kappa shape index (κ3) is 3.74. The van der Waals surface area contributed by atoms with Gasteiger partial charge in [-0.15, -0.1) is 11.3 Å². The number of fused-ring (bicyclic) bond motifs is 1. The molecule has 0 aliphatic carbocycles. The maximum Gasteiger partial charge on any atom is 0.271 e. The lowest BCUT2D eigenvalue weighted by molar-refractivity contribution is -0.384. The van der Waals surface area contributed by atoms with Gasteiger partial charge in [0.1, 0.15) is 22.7 Å². The molecule has 0 aliphatic heterocycles. The summed E-state index contributed by atoms with van der Waals surface area (Å²) in [4.78, 5) is 20.4. The van der Waals surface area contributed by atoms with Gasteiger partial charge in [0.05, 0.1) is 16.9 Å². The van der Waals surface area contributed by atoms with Gasteiger partial charge in [-0.1, -0.05) is 18.2 Å². The average molecular weight is 406 g/mol. The van der Waals surface area contributed by atoms with Gasteiger partial charge in [0.25, 0.3) is 5.69 Å². The minimum absolute atomic E-state index is 0.0282. The predicted octanol–water partition coefficient (Wildman–Crippen LogP) is 5.72.